The first-order valence-electron chi connectivity index (χ1n) is 5.43. The van der Waals surface area contributed by atoms with Crippen LogP contribution in [0.3, 0.4) is 0 Å². The van der Waals surface area contributed by atoms with Crippen LogP contribution in [0.1, 0.15) is 0 Å². The Morgan fingerprint density at radius 1 is 1.12 bits per heavy atom. The van der Waals surface area contributed by atoms with E-state index in [1.165, 1.54) is 0 Å². The van der Waals surface area contributed by atoms with Crippen molar-refractivity contribution >= 4 is 16.9 Å². The van der Waals surface area contributed by atoms with Gasteiger partial charge in [0, 0.05) is 26.5 Å². The molecule has 0 N–H and O–H groups in total. The Morgan fingerprint density at radius 2 is 1.88 bits per heavy atom. The van der Waals surface area contributed by atoms with Gasteiger partial charge in [0.2, 0.25) is 5.95 Å². The predicted molar refractivity (Wildman–Crippen MR) is 67.3 cm³/mol. The number of aromatic nitrogens is 4. The quantitative estimate of drug-likeness (QED) is 0.632. The standard InChI is InChI=1S/C12H13N5/c1-16(2)12-15-14-10-8-6-4-5-7-9(8)13-11(10)17(12)3/h4-7H,1-3H3. The van der Waals surface area contributed by atoms with Gasteiger partial charge in [-0.1, -0.05) is 18.2 Å². The second-order valence-corrected chi connectivity index (χ2v) is 4.25. The molecule has 0 aliphatic carbocycles. The second-order valence-electron chi connectivity index (χ2n) is 4.25. The van der Waals surface area contributed by atoms with Crippen molar-refractivity contribution in [2.24, 2.45) is 7.05 Å². The van der Waals surface area contributed by atoms with E-state index in [0.29, 0.717) is 0 Å². The molecule has 2 aliphatic rings. The Labute approximate surface area is 99.1 Å². The molecule has 0 bridgehead atoms. The van der Waals surface area contributed by atoms with Gasteiger partial charge in [-0.2, -0.15) is 0 Å². The van der Waals surface area contributed by atoms with E-state index in [0.717, 1.165) is 28.4 Å². The summed E-state index contributed by atoms with van der Waals surface area (Å²) in [4.78, 5) is 6.51. The molecule has 0 unspecified atom stereocenters. The van der Waals surface area contributed by atoms with Gasteiger partial charge < -0.3 is 4.90 Å². The summed E-state index contributed by atoms with van der Waals surface area (Å²) in [5.41, 5.74) is 1.82. The summed E-state index contributed by atoms with van der Waals surface area (Å²) in [7, 11) is 5.84. The number of para-hydroxylation sites is 1. The van der Waals surface area contributed by atoms with E-state index in [-0.39, 0.29) is 0 Å². The van der Waals surface area contributed by atoms with Crippen molar-refractivity contribution < 1.29 is 0 Å². The maximum absolute atomic E-state index is 4.59. The summed E-state index contributed by atoms with van der Waals surface area (Å²) in [6.45, 7) is 0. The van der Waals surface area contributed by atoms with Gasteiger partial charge in [0.15, 0.2) is 5.82 Å². The molecule has 0 saturated carbocycles. The zero-order valence-corrected chi connectivity index (χ0v) is 10.0. The zero-order chi connectivity index (χ0) is 12.0. The number of nitrogens with zero attached hydrogens (tertiary/aromatic N) is 5. The smallest absolute Gasteiger partial charge is 0.226 e. The topological polar surface area (TPSA) is 46.8 Å². The molecule has 0 aromatic heterocycles. The van der Waals surface area contributed by atoms with Crippen LogP contribution in [-0.4, -0.2) is 33.8 Å². The molecular weight excluding hydrogens is 214 g/mol. The molecule has 0 spiro atoms. The van der Waals surface area contributed by atoms with E-state index in [9.17, 15) is 0 Å². The number of hydrogen-bond acceptors (Lipinski definition) is 4. The Bertz CT molecular complexity index is 655. The van der Waals surface area contributed by atoms with Crippen molar-refractivity contribution in [1.82, 2.24) is 19.7 Å². The Balaban J connectivity index is 2.39. The van der Waals surface area contributed by atoms with Crippen molar-refractivity contribution in [1.29, 1.82) is 0 Å². The minimum Gasteiger partial charge on any atom is -0.347 e. The molecule has 3 rings (SSSR count). The minimum absolute atomic E-state index is 0.792. The Kier molecular flexibility index (Phi) is 2.01. The van der Waals surface area contributed by atoms with Crippen molar-refractivity contribution in [2.75, 3.05) is 19.0 Å². The summed E-state index contributed by atoms with van der Waals surface area (Å²) < 4.78 is 1.96. The van der Waals surface area contributed by atoms with Gasteiger partial charge in [0.1, 0.15) is 5.69 Å². The molecular formula is C12H13N5. The van der Waals surface area contributed by atoms with Crippen LogP contribution in [0.25, 0.3) is 22.4 Å². The number of anilines is 1. The van der Waals surface area contributed by atoms with Crippen LogP contribution in [-0.2, 0) is 7.05 Å². The maximum atomic E-state index is 4.59. The highest BCUT2D eigenvalue weighted by molar-refractivity contribution is 5.94. The number of benzene rings is 1. The lowest BCUT2D eigenvalue weighted by Gasteiger charge is -2.16. The van der Waals surface area contributed by atoms with Crippen LogP contribution in [0.15, 0.2) is 24.3 Å². The largest absolute Gasteiger partial charge is 0.347 e. The van der Waals surface area contributed by atoms with Crippen molar-refractivity contribution in [3.05, 3.63) is 24.3 Å². The van der Waals surface area contributed by atoms with Crippen LogP contribution in [0.2, 0.25) is 0 Å². The van der Waals surface area contributed by atoms with Crippen molar-refractivity contribution in [2.45, 2.75) is 0 Å². The zero-order valence-electron chi connectivity index (χ0n) is 10.0. The van der Waals surface area contributed by atoms with E-state index in [1.54, 1.807) is 0 Å². The third kappa shape index (κ3) is 1.35. The van der Waals surface area contributed by atoms with Gasteiger partial charge in [-0.05, 0) is 6.07 Å². The first-order valence-corrected chi connectivity index (χ1v) is 5.43. The molecule has 0 atom stereocenters. The van der Waals surface area contributed by atoms with Crippen molar-refractivity contribution in [3.63, 3.8) is 0 Å². The van der Waals surface area contributed by atoms with E-state index in [1.807, 2.05) is 54.9 Å². The molecule has 0 amide bonds. The van der Waals surface area contributed by atoms with Crippen LogP contribution in [0.5, 0.6) is 0 Å². The molecule has 5 heteroatoms. The van der Waals surface area contributed by atoms with E-state index >= 15 is 0 Å². The molecule has 1 aromatic carbocycles. The third-order valence-corrected chi connectivity index (χ3v) is 2.85. The van der Waals surface area contributed by atoms with Gasteiger partial charge in [0.05, 0.1) is 5.52 Å². The fourth-order valence-electron chi connectivity index (χ4n) is 2.04. The molecule has 17 heavy (non-hydrogen) atoms. The van der Waals surface area contributed by atoms with Crippen LogP contribution in [0.4, 0.5) is 5.95 Å². The SMILES string of the molecule is CN(C)c1nnc2c3ccccc3nc-2n1C. The molecule has 1 aromatic rings. The highest BCUT2D eigenvalue weighted by Gasteiger charge is 2.18. The first-order chi connectivity index (χ1) is 8.18. The average Bonchev–Trinajstić information content (AvgIpc) is 2.69. The first kappa shape index (κ1) is 10.0. The van der Waals surface area contributed by atoms with Gasteiger partial charge in [-0.3, -0.25) is 4.57 Å². The number of fused-ring (bicyclic) bond motifs is 3. The van der Waals surface area contributed by atoms with Gasteiger partial charge in [0.25, 0.3) is 0 Å². The van der Waals surface area contributed by atoms with E-state index in [4.69, 9.17) is 0 Å². The molecule has 2 aliphatic heterocycles. The summed E-state index contributed by atoms with van der Waals surface area (Å²) in [5, 5.41) is 9.56. The second kappa shape index (κ2) is 3.41. The Hall–Kier alpha value is -2.17. The van der Waals surface area contributed by atoms with Gasteiger partial charge >= 0.3 is 0 Å². The highest BCUT2D eigenvalue weighted by atomic mass is 15.4. The fraction of sp³-hybridized carbons (Fsp3) is 0.250. The molecule has 86 valence electrons. The maximum Gasteiger partial charge on any atom is 0.226 e. The molecule has 0 saturated heterocycles. The number of rotatable bonds is 1. The lowest BCUT2D eigenvalue weighted by molar-refractivity contribution is 0.777. The molecule has 2 heterocycles. The third-order valence-electron chi connectivity index (χ3n) is 2.85. The van der Waals surface area contributed by atoms with Gasteiger partial charge in [-0.25, -0.2) is 4.98 Å². The predicted octanol–water partition coefficient (Wildman–Crippen LogP) is 1.53. The van der Waals surface area contributed by atoms with Gasteiger partial charge in [-0.15, -0.1) is 10.2 Å². The Morgan fingerprint density at radius 3 is 2.65 bits per heavy atom. The van der Waals surface area contributed by atoms with Crippen LogP contribution < -0.4 is 4.90 Å². The monoisotopic (exact) mass is 227 g/mol. The van der Waals surface area contributed by atoms with E-state index in [2.05, 4.69) is 15.2 Å². The van der Waals surface area contributed by atoms with E-state index < -0.39 is 0 Å². The fourth-order valence-corrected chi connectivity index (χ4v) is 2.04. The molecule has 5 nitrogen and oxygen atoms in total. The van der Waals surface area contributed by atoms with Crippen molar-refractivity contribution in [3.8, 4) is 11.5 Å². The molecule has 0 radical (unpaired) electrons. The summed E-state index contributed by atoms with van der Waals surface area (Å²) in [5.74, 6) is 1.66. The number of hydrogen-bond donors (Lipinski definition) is 0. The molecule has 0 fully saturated rings. The van der Waals surface area contributed by atoms with Crippen LogP contribution in [0, 0.1) is 0 Å². The average molecular weight is 227 g/mol. The normalized spacial score (nSPS) is 11.2. The minimum atomic E-state index is 0.792. The highest BCUT2D eigenvalue weighted by Crippen LogP contribution is 2.29. The summed E-state index contributed by atoms with van der Waals surface area (Å²) in [6.07, 6.45) is 0. The summed E-state index contributed by atoms with van der Waals surface area (Å²) >= 11 is 0. The van der Waals surface area contributed by atoms with Crippen LogP contribution >= 0.6 is 0 Å². The lowest BCUT2D eigenvalue weighted by atomic mass is 10.2. The summed E-state index contributed by atoms with van der Waals surface area (Å²) in [6, 6.07) is 7.99. The lowest BCUT2D eigenvalue weighted by Crippen LogP contribution is -2.19.